The van der Waals surface area contributed by atoms with E-state index < -0.39 is 0 Å². The Morgan fingerprint density at radius 1 is 1.31 bits per heavy atom. The maximum absolute atomic E-state index is 9.26. The minimum absolute atomic E-state index is 0.00844. The highest BCUT2D eigenvalue weighted by atomic mass is 16.3. The van der Waals surface area contributed by atoms with Gasteiger partial charge in [-0.2, -0.15) is 0 Å². The Bertz CT molecular complexity index is 355. The number of pyridine rings is 1. The Morgan fingerprint density at radius 3 is 2.38 bits per heavy atom. The van der Waals surface area contributed by atoms with Gasteiger partial charge in [-0.25, -0.2) is 4.98 Å². The molecule has 0 radical (unpaired) electrons. The van der Waals surface area contributed by atoms with Gasteiger partial charge in [-0.1, -0.05) is 20.8 Å². The zero-order valence-electron chi connectivity index (χ0n) is 10.9. The zero-order valence-corrected chi connectivity index (χ0v) is 10.9. The molecule has 0 unspecified atom stereocenters. The van der Waals surface area contributed by atoms with Gasteiger partial charge in [0.15, 0.2) is 0 Å². The number of hydrogen-bond donors (Lipinski definition) is 1. The van der Waals surface area contributed by atoms with Crippen LogP contribution in [0.2, 0.25) is 0 Å². The second kappa shape index (κ2) is 4.83. The minimum atomic E-state index is 0.00844. The van der Waals surface area contributed by atoms with E-state index in [9.17, 15) is 5.11 Å². The fourth-order valence-corrected chi connectivity index (χ4v) is 1.40. The van der Waals surface area contributed by atoms with Crippen molar-refractivity contribution >= 4 is 5.82 Å². The highest BCUT2D eigenvalue weighted by Crippen LogP contribution is 2.24. The van der Waals surface area contributed by atoms with E-state index in [4.69, 9.17) is 0 Å². The Hall–Kier alpha value is -1.09. The van der Waals surface area contributed by atoms with Crippen LogP contribution >= 0.6 is 0 Å². The van der Waals surface area contributed by atoms with Crippen LogP contribution in [0.25, 0.3) is 0 Å². The molecule has 0 atom stereocenters. The number of nitrogens with zero attached hydrogens (tertiary/aromatic N) is 2. The summed E-state index contributed by atoms with van der Waals surface area (Å²) in [7, 11) is 2.01. The SMILES string of the molecule is CCN(C)c1cc(CO)cc(C(C)(C)C)n1. The lowest BCUT2D eigenvalue weighted by molar-refractivity contribution is 0.281. The van der Waals surface area contributed by atoms with Gasteiger partial charge in [0.25, 0.3) is 0 Å². The lowest BCUT2D eigenvalue weighted by atomic mass is 9.91. The first-order valence-corrected chi connectivity index (χ1v) is 5.72. The van der Waals surface area contributed by atoms with E-state index in [0.717, 1.165) is 23.6 Å². The Balaban J connectivity index is 3.21. The molecule has 3 nitrogen and oxygen atoms in total. The predicted octanol–water partition coefficient (Wildman–Crippen LogP) is 2.33. The fourth-order valence-electron chi connectivity index (χ4n) is 1.40. The van der Waals surface area contributed by atoms with Gasteiger partial charge in [-0.05, 0) is 24.6 Å². The van der Waals surface area contributed by atoms with Gasteiger partial charge in [-0.15, -0.1) is 0 Å². The average Bonchev–Trinajstić information content (AvgIpc) is 2.26. The van der Waals surface area contributed by atoms with Crippen molar-refractivity contribution in [3.63, 3.8) is 0 Å². The molecule has 0 aromatic carbocycles. The van der Waals surface area contributed by atoms with Crippen molar-refractivity contribution in [2.45, 2.75) is 39.7 Å². The van der Waals surface area contributed by atoms with E-state index in [-0.39, 0.29) is 12.0 Å². The summed E-state index contributed by atoms with van der Waals surface area (Å²) in [5.74, 6) is 0.930. The number of hydrogen-bond acceptors (Lipinski definition) is 3. The zero-order chi connectivity index (χ0) is 12.3. The molecule has 0 aliphatic heterocycles. The van der Waals surface area contributed by atoms with Crippen molar-refractivity contribution in [2.24, 2.45) is 0 Å². The molecule has 16 heavy (non-hydrogen) atoms. The van der Waals surface area contributed by atoms with Gasteiger partial charge in [0.2, 0.25) is 0 Å². The van der Waals surface area contributed by atoms with Crippen LogP contribution in [-0.2, 0) is 12.0 Å². The fraction of sp³-hybridized carbons (Fsp3) is 0.615. The Labute approximate surface area is 98.1 Å². The summed E-state index contributed by atoms with van der Waals surface area (Å²) in [5, 5.41) is 9.26. The lowest BCUT2D eigenvalue weighted by Crippen LogP contribution is -2.21. The summed E-state index contributed by atoms with van der Waals surface area (Å²) < 4.78 is 0. The van der Waals surface area contributed by atoms with E-state index in [2.05, 4.69) is 37.6 Å². The first-order chi connectivity index (χ1) is 7.38. The van der Waals surface area contributed by atoms with Crippen molar-refractivity contribution in [1.82, 2.24) is 4.98 Å². The molecule has 1 aromatic heterocycles. The van der Waals surface area contributed by atoms with E-state index in [1.54, 1.807) is 0 Å². The molecule has 0 amide bonds. The molecule has 0 aliphatic carbocycles. The normalized spacial score (nSPS) is 11.6. The standard InChI is InChI=1S/C13H22N2O/c1-6-15(5)12-8-10(9-16)7-11(14-12)13(2,3)4/h7-8,16H,6,9H2,1-5H3. The summed E-state index contributed by atoms with van der Waals surface area (Å²) in [5.41, 5.74) is 1.96. The quantitative estimate of drug-likeness (QED) is 0.852. The molecule has 1 rings (SSSR count). The van der Waals surface area contributed by atoms with Crippen LogP contribution in [0.5, 0.6) is 0 Å². The largest absolute Gasteiger partial charge is 0.392 e. The van der Waals surface area contributed by atoms with E-state index in [1.165, 1.54) is 0 Å². The van der Waals surface area contributed by atoms with Crippen molar-refractivity contribution in [3.05, 3.63) is 23.4 Å². The number of aliphatic hydroxyl groups excluding tert-OH is 1. The molecular formula is C13H22N2O. The summed E-state index contributed by atoms with van der Waals surface area (Å²) in [4.78, 5) is 6.72. The van der Waals surface area contributed by atoms with Crippen LogP contribution in [0.15, 0.2) is 12.1 Å². The number of aromatic nitrogens is 1. The van der Waals surface area contributed by atoms with Crippen molar-refractivity contribution in [2.75, 3.05) is 18.5 Å². The molecule has 0 fully saturated rings. The van der Waals surface area contributed by atoms with Crippen LogP contribution in [0, 0.1) is 0 Å². The number of aliphatic hydroxyl groups is 1. The maximum atomic E-state index is 9.26. The third kappa shape index (κ3) is 2.95. The summed E-state index contributed by atoms with van der Waals surface area (Å²) in [6.07, 6.45) is 0. The molecular weight excluding hydrogens is 200 g/mol. The summed E-state index contributed by atoms with van der Waals surface area (Å²) in [6, 6.07) is 3.92. The lowest BCUT2D eigenvalue weighted by Gasteiger charge is -2.23. The molecule has 0 saturated heterocycles. The molecule has 0 saturated carbocycles. The molecule has 3 heteroatoms. The molecule has 1 heterocycles. The second-order valence-electron chi connectivity index (χ2n) is 5.14. The van der Waals surface area contributed by atoms with Crippen LogP contribution < -0.4 is 4.90 Å². The van der Waals surface area contributed by atoms with Crippen LogP contribution in [0.1, 0.15) is 39.0 Å². The molecule has 0 bridgehead atoms. The topological polar surface area (TPSA) is 36.4 Å². The molecule has 90 valence electrons. The van der Waals surface area contributed by atoms with Gasteiger partial charge < -0.3 is 10.0 Å². The van der Waals surface area contributed by atoms with Crippen LogP contribution in [0.4, 0.5) is 5.82 Å². The van der Waals surface area contributed by atoms with E-state index in [1.807, 2.05) is 19.2 Å². The average molecular weight is 222 g/mol. The number of rotatable bonds is 3. The first-order valence-electron chi connectivity index (χ1n) is 5.72. The van der Waals surface area contributed by atoms with Crippen LogP contribution in [-0.4, -0.2) is 23.7 Å². The van der Waals surface area contributed by atoms with Crippen molar-refractivity contribution in [1.29, 1.82) is 0 Å². The highest BCUT2D eigenvalue weighted by molar-refractivity contribution is 5.42. The van der Waals surface area contributed by atoms with Crippen molar-refractivity contribution < 1.29 is 5.11 Å². The molecule has 1 N–H and O–H groups in total. The van der Waals surface area contributed by atoms with Gasteiger partial charge in [0.1, 0.15) is 5.82 Å². The van der Waals surface area contributed by atoms with E-state index >= 15 is 0 Å². The number of anilines is 1. The molecule has 0 aliphatic rings. The van der Waals surface area contributed by atoms with Crippen LogP contribution in [0.3, 0.4) is 0 Å². The van der Waals surface area contributed by atoms with Gasteiger partial charge in [0, 0.05) is 24.7 Å². The molecule has 1 aromatic rings. The van der Waals surface area contributed by atoms with Gasteiger partial charge in [0.05, 0.1) is 6.61 Å². The van der Waals surface area contributed by atoms with Gasteiger partial charge in [-0.3, -0.25) is 0 Å². The third-order valence-corrected chi connectivity index (χ3v) is 2.69. The third-order valence-electron chi connectivity index (χ3n) is 2.69. The monoisotopic (exact) mass is 222 g/mol. The van der Waals surface area contributed by atoms with E-state index in [0.29, 0.717) is 0 Å². The first kappa shape index (κ1) is 13.0. The summed E-state index contributed by atoms with van der Waals surface area (Å²) in [6.45, 7) is 9.45. The Morgan fingerprint density at radius 2 is 1.94 bits per heavy atom. The summed E-state index contributed by atoms with van der Waals surface area (Å²) >= 11 is 0. The second-order valence-corrected chi connectivity index (χ2v) is 5.14. The smallest absolute Gasteiger partial charge is 0.128 e. The molecule has 0 spiro atoms. The minimum Gasteiger partial charge on any atom is -0.392 e. The highest BCUT2D eigenvalue weighted by Gasteiger charge is 2.17. The maximum Gasteiger partial charge on any atom is 0.128 e. The van der Waals surface area contributed by atoms with Crippen molar-refractivity contribution in [3.8, 4) is 0 Å². The predicted molar refractivity (Wildman–Crippen MR) is 67.8 cm³/mol. The Kier molecular flexibility index (Phi) is 3.92. The van der Waals surface area contributed by atoms with Gasteiger partial charge >= 0.3 is 0 Å².